The second-order valence-corrected chi connectivity index (χ2v) is 7.16. The molecule has 7 nitrogen and oxygen atoms in total. The SMILES string of the molecule is CCNC(=NCCCOc1ccc(OC)cc1)NC(C)Cc1c(C)nn(C)c1C. The van der Waals surface area contributed by atoms with Gasteiger partial charge in [0.2, 0.25) is 0 Å². The molecule has 0 radical (unpaired) electrons. The van der Waals surface area contributed by atoms with Crippen molar-refractivity contribution < 1.29 is 9.47 Å². The van der Waals surface area contributed by atoms with E-state index in [0.717, 1.165) is 42.5 Å². The van der Waals surface area contributed by atoms with Gasteiger partial charge in [-0.1, -0.05) is 0 Å². The summed E-state index contributed by atoms with van der Waals surface area (Å²) in [5, 5.41) is 11.3. The quantitative estimate of drug-likeness (QED) is 0.364. The van der Waals surface area contributed by atoms with Crippen LogP contribution in [0.3, 0.4) is 0 Å². The van der Waals surface area contributed by atoms with E-state index in [2.05, 4.69) is 48.4 Å². The van der Waals surface area contributed by atoms with Crippen molar-refractivity contribution in [2.45, 2.75) is 46.6 Å². The number of aliphatic imine (C=N–C) groups is 1. The summed E-state index contributed by atoms with van der Waals surface area (Å²) in [4.78, 5) is 4.68. The number of hydrogen-bond donors (Lipinski definition) is 2. The van der Waals surface area contributed by atoms with Crippen LogP contribution >= 0.6 is 0 Å². The Morgan fingerprint density at radius 3 is 2.48 bits per heavy atom. The zero-order valence-corrected chi connectivity index (χ0v) is 18.6. The Labute approximate surface area is 174 Å². The van der Waals surface area contributed by atoms with E-state index in [4.69, 9.17) is 9.47 Å². The van der Waals surface area contributed by atoms with Crippen molar-refractivity contribution in [3.8, 4) is 11.5 Å². The van der Waals surface area contributed by atoms with E-state index in [1.807, 2.05) is 36.0 Å². The van der Waals surface area contributed by atoms with Crippen LogP contribution in [0, 0.1) is 13.8 Å². The number of aromatic nitrogens is 2. The van der Waals surface area contributed by atoms with Crippen LogP contribution in [0.4, 0.5) is 0 Å². The average molecular weight is 402 g/mol. The van der Waals surface area contributed by atoms with Crippen LogP contribution in [0.15, 0.2) is 29.3 Å². The van der Waals surface area contributed by atoms with Crippen LogP contribution in [0.1, 0.15) is 37.2 Å². The zero-order chi connectivity index (χ0) is 21.2. The number of methoxy groups -OCH3 is 1. The van der Waals surface area contributed by atoms with E-state index in [1.165, 1.54) is 11.3 Å². The normalized spacial score (nSPS) is 12.6. The van der Waals surface area contributed by atoms with E-state index < -0.39 is 0 Å². The summed E-state index contributed by atoms with van der Waals surface area (Å²) in [5.74, 6) is 2.51. The number of ether oxygens (including phenoxy) is 2. The Kier molecular flexibility index (Phi) is 8.83. The molecular weight excluding hydrogens is 366 g/mol. The fourth-order valence-electron chi connectivity index (χ4n) is 3.14. The van der Waals surface area contributed by atoms with Gasteiger partial charge < -0.3 is 20.1 Å². The lowest BCUT2D eigenvalue weighted by atomic mass is 10.1. The first kappa shape index (κ1) is 22.6. The van der Waals surface area contributed by atoms with Crippen LogP contribution < -0.4 is 20.1 Å². The first-order valence-electron chi connectivity index (χ1n) is 10.2. The molecule has 160 valence electrons. The fraction of sp³-hybridized carbons (Fsp3) is 0.545. The molecule has 0 saturated carbocycles. The molecule has 29 heavy (non-hydrogen) atoms. The van der Waals surface area contributed by atoms with Gasteiger partial charge in [-0.25, -0.2) is 0 Å². The first-order valence-corrected chi connectivity index (χ1v) is 10.2. The molecule has 2 N–H and O–H groups in total. The van der Waals surface area contributed by atoms with E-state index in [-0.39, 0.29) is 6.04 Å². The minimum atomic E-state index is 0.255. The standard InChI is InChI=1S/C22H35N5O2/c1-7-23-22(25-16(2)15-21-17(3)26-27(5)18(21)4)24-13-8-14-29-20-11-9-19(28-6)10-12-20/h9-12,16H,7-8,13-15H2,1-6H3,(H2,23,24,25). The summed E-state index contributed by atoms with van der Waals surface area (Å²) in [5.41, 5.74) is 3.61. The van der Waals surface area contributed by atoms with E-state index in [9.17, 15) is 0 Å². The predicted molar refractivity (Wildman–Crippen MR) is 118 cm³/mol. The molecule has 0 aliphatic rings. The molecule has 0 saturated heterocycles. The molecule has 1 heterocycles. The Balaban J connectivity index is 1.80. The summed E-state index contributed by atoms with van der Waals surface area (Å²) in [7, 11) is 3.65. The number of nitrogens with zero attached hydrogens (tertiary/aromatic N) is 3. The van der Waals surface area contributed by atoms with Crippen molar-refractivity contribution in [3.63, 3.8) is 0 Å². The molecule has 1 atom stereocenters. The highest BCUT2D eigenvalue weighted by Gasteiger charge is 2.13. The molecule has 0 spiro atoms. The summed E-state index contributed by atoms with van der Waals surface area (Å²) in [6.07, 6.45) is 1.76. The number of guanidine groups is 1. The molecule has 2 aromatic rings. The molecule has 1 aromatic carbocycles. The van der Waals surface area contributed by atoms with Crippen LogP contribution in [-0.2, 0) is 13.5 Å². The van der Waals surface area contributed by atoms with E-state index in [0.29, 0.717) is 13.2 Å². The monoisotopic (exact) mass is 401 g/mol. The fourth-order valence-corrected chi connectivity index (χ4v) is 3.14. The third-order valence-electron chi connectivity index (χ3n) is 4.80. The lowest BCUT2D eigenvalue weighted by Crippen LogP contribution is -2.43. The van der Waals surface area contributed by atoms with Crippen LogP contribution in [0.25, 0.3) is 0 Å². The second-order valence-electron chi connectivity index (χ2n) is 7.16. The van der Waals surface area contributed by atoms with E-state index in [1.54, 1.807) is 7.11 Å². The van der Waals surface area contributed by atoms with Gasteiger partial charge in [0.1, 0.15) is 11.5 Å². The number of hydrogen-bond acceptors (Lipinski definition) is 4. The van der Waals surface area contributed by atoms with Gasteiger partial charge in [0, 0.05) is 38.3 Å². The van der Waals surface area contributed by atoms with Crippen molar-refractivity contribution >= 4 is 5.96 Å². The Morgan fingerprint density at radius 2 is 1.90 bits per heavy atom. The lowest BCUT2D eigenvalue weighted by molar-refractivity contribution is 0.312. The van der Waals surface area contributed by atoms with Crippen molar-refractivity contribution in [2.24, 2.45) is 12.0 Å². The van der Waals surface area contributed by atoms with Gasteiger partial charge in [0.05, 0.1) is 19.4 Å². The van der Waals surface area contributed by atoms with Gasteiger partial charge in [-0.3, -0.25) is 9.67 Å². The van der Waals surface area contributed by atoms with Gasteiger partial charge in [0.15, 0.2) is 5.96 Å². The highest BCUT2D eigenvalue weighted by Crippen LogP contribution is 2.17. The maximum absolute atomic E-state index is 5.76. The Morgan fingerprint density at radius 1 is 1.21 bits per heavy atom. The number of rotatable bonds is 10. The van der Waals surface area contributed by atoms with Crippen LogP contribution in [0.5, 0.6) is 11.5 Å². The van der Waals surface area contributed by atoms with E-state index >= 15 is 0 Å². The summed E-state index contributed by atoms with van der Waals surface area (Å²) < 4.78 is 12.9. The molecular formula is C22H35N5O2. The van der Waals surface area contributed by atoms with Crippen molar-refractivity contribution in [3.05, 3.63) is 41.2 Å². The second kappa shape index (κ2) is 11.3. The highest BCUT2D eigenvalue weighted by molar-refractivity contribution is 5.80. The maximum Gasteiger partial charge on any atom is 0.191 e. The summed E-state index contributed by atoms with van der Waals surface area (Å²) in [6.45, 7) is 10.6. The molecule has 0 amide bonds. The van der Waals surface area contributed by atoms with Gasteiger partial charge in [-0.15, -0.1) is 0 Å². The van der Waals surface area contributed by atoms with Crippen LogP contribution in [-0.4, -0.2) is 48.6 Å². The van der Waals surface area contributed by atoms with Gasteiger partial charge in [0.25, 0.3) is 0 Å². The third-order valence-corrected chi connectivity index (χ3v) is 4.80. The minimum Gasteiger partial charge on any atom is -0.497 e. The molecule has 0 bridgehead atoms. The topological polar surface area (TPSA) is 72.7 Å². The number of nitrogens with one attached hydrogen (secondary N) is 2. The Bertz CT molecular complexity index is 783. The summed E-state index contributed by atoms with van der Waals surface area (Å²) in [6, 6.07) is 7.88. The Hall–Kier alpha value is -2.70. The molecule has 0 fully saturated rings. The van der Waals surface area contributed by atoms with Crippen molar-refractivity contribution in [2.75, 3.05) is 26.8 Å². The highest BCUT2D eigenvalue weighted by atomic mass is 16.5. The zero-order valence-electron chi connectivity index (χ0n) is 18.6. The van der Waals surface area contributed by atoms with Crippen LogP contribution in [0.2, 0.25) is 0 Å². The van der Waals surface area contributed by atoms with Gasteiger partial charge >= 0.3 is 0 Å². The smallest absolute Gasteiger partial charge is 0.191 e. The minimum absolute atomic E-state index is 0.255. The molecule has 1 unspecified atom stereocenters. The third kappa shape index (κ3) is 7.00. The maximum atomic E-state index is 5.76. The van der Waals surface area contributed by atoms with Crippen molar-refractivity contribution in [1.82, 2.24) is 20.4 Å². The molecule has 0 aliphatic carbocycles. The predicted octanol–water partition coefficient (Wildman–Crippen LogP) is 3.00. The number of aryl methyl sites for hydroxylation is 2. The average Bonchev–Trinajstić information content (AvgIpc) is 2.94. The van der Waals surface area contributed by atoms with Gasteiger partial charge in [-0.2, -0.15) is 5.10 Å². The molecule has 7 heteroatoms. The molecule has 0 aliphatic heterocycles. The largest absolute Gasteiger partial charge is 0.497 e. The van der Waals surface area contributed by atoms with Gasteiger partial charge in [-0.05, 0) is 63.9 Å². The lowest BCUT2D eigenvalue weighted by Gasteiger charge is -2.18. The van der Waals surface area contributed by atoms with Crippen molar-refractivity contribution in [1.29, 1.82) is 0 Å². The molecule has 1 aromatic heterocycles. The molecule has 2 rings (SSSR count). The number of benzene rings is 1. The first-order chi connectivity index (χ1) is 13.9. The summed E-state index contributed by atoms with van der Waals surface area (Å²) >= 11 is 0.